The van der Waals surface area contributed by atoms with Crippen LogP contribution in [0.25, 0.3) is 0 Å². The van der Waals surface area contributed by atoms with Gasteiger partial charge in [0.05, 0.1) is 11.6 Å². The van der Waals surface area contributed by atoms with E-state index in [0.717, 1.165) is 34.5 Å². The molecule has 3 nitrogen and oxygen atoms in total. The molecule has 0 bridgehead atoms. The van der Waals surface area contributed by atoms with Crippen LogP contribution < -0.4 is 14.8 Å². The molecule has 2 aromatic carbocycles. The maximum atomic E-state index is 5.95. The van der Waals surface area contributed by atoms with Gasteiger partial charge < -0.3 is 14.8 Å². The lowest BCUT2D eigenvalue weighted by Gasteiger charge is -2.16. The second kappa shape index (κ2) is 8.94. The summed E-state index contributed by atoms with van der Waals surface area (Å²) in [6.07, 6.45) is 1.11. The van der Waals surface area contributed by atoms with Crippen LogP contribution in [-0.2, 0) is 13.2 Å². The van der Waals surface area contributed by atoms with E-state index in [1.165, 1.54) is 5.56 Å². The summed E-state index contributed by atoms with van der Waals surface area (Å²) in [4.78, 5) is 0. The molecule has 0 fully saturated rings. The van der Waals surface area contributed by atoms with Gasteiger partial charge >= 0.3 is 0 Å². The Kier molecular flexibility index (Phi) is 6.93. The van der Waals surface area contributed by atoms with Crippen LogP contribution in [-0.4, -0.2) is 13.2 Å². The average molecular weight is 378 g/mol. The Labute approximate surface area is 147 Å². The van der Waals surface area contributed by atoms with Gasteiger partial charge in [-0.1, -0.05) is 37.3 Å². The van der Waals surface area contributed by atoms with Gasteiger partial charge in [-0.05, 0) is 52.5 Å². The van der Waals surface area contributed by atoms with E-state index in [-0.39, 0.29) is 0 Å². The van der Waals surface area contributed by atoms with Crippen LogP contribution in [0.2, 0.25) is 0 Å². The van der Waals surface area contributed by atoms with Gasteiger partial charge in [-0.15, -0.1) is 0 Å². The zero-order valence-corrected chi connectivity index (χ0v) is 15.5. The van der Waals surface area contributed by atoms with Gasteiger partial charge in [-0.2, -0.15) is 0 Å². The molecule has 0 saturated carbocycles. The highest BCUT2D eigenvalue weighted by Gasteiger charge is 2.12. The first-order valence-electron chi connectivity index (χ1n) is 7.90. The van der Waals surface area contributed by atoms with Gasteiger partial charge in [0, 0.05) is 12.6 Å². The lowest BCUT2D eigenvalue weighted by molar-refractivity contribution is 0.282. The average Bonchev–Trinajstić information content (AvgIpc) is 2.59. The number of hydrogen-bond acceptors (Lipinski definition) is 3. The molecule has 0 amide bonds. The van der Waals surface area contributed by atoms with Crippen molar-refractivity contribution in [1.29, 1.82) is 0 Å². The number of rotatable bonds is 8. The Morgan fingerprint density at radius 1 is 1.13 bits per heavy atom. The zero-order chi connectivity index (χ0) is 16.7. The van der Waals surface area contributed by atoms with Crippen molar-refractivity contribution >= 4 is 15.9 Å². The molecule has 0 aliphatic heterocycles. The number of ether oxygens (including phenoxy) is 2. The topological polar surface area (TPSA) is 30.5 Å². The summed E-state index contributed by atoms with van der Waals surface area (Å²) in [6, 6.07) is 14.7. The van der Waals surface area contributed by atoms with Gasteiger partial charge in [0.2, 0.25) is 0 Å². The largest absolute Gasteiger partial charge is 0.493 e. The molecule has 0 aromatic heterocycles. The smallest absolute Gasteiger partial charge is 0.175 e. The van der Waals surface area contributed by atoms with Crippen LogP contribution in [0.1, 0.15) is 31.4 Å². The Hall–Kier alpha value is -1.52. The standard InChI is InChI=1S/C19H24BrNO2/c1-4-14(2)21-12-16-10-17(20)19(18(11-16)22-3)23-13-15-8-6-5-7-9-15/h5-11,14,21H,4,12-13H2,1-3H3/t14-/m1/s1. The van der Waals surface area contributed by atoms with Crippen molar-refractivity contribution in [3.63, 3.8) is 0 Å². The number of methoxy groups -OCH3 is 1. The van der Waals surface area contributed by atoms with Crippen LogP contribution in [0.5, 0.6) is 11.5 Å². The molecule has 0 saturated heterocycles. The fraction of sp³-hybridized carbons (Fsp3) is 0.368. The highest BCUT2D eigenvalue weighted by Crippen LogP contribution is 2.37. The quantitative estimate of drug-likeness (QED) is 0.707. The van der Waals surface area contributed by atoms with Crippen LogP contribution >= 0.6 is 15.9 Å². The van der Waals surface area contributed by atoms with Crippen LogP contribution in [0.4, 0.5) is 0 Å². The zero-order valence-electron chi connectivity index (χ0n) is 13.9. The minimum Gasteiger partial charge on any atom is -0.493 e. The van der Waals surface area contributed by atoms with Crippen LogP contribution in [0.3, 0.4) is 0 Å². The summed E-state index contributed by atoms with van der Waals surface area (Å²) in [5.41, 5.74) is 2.30. The third kappa shape index (κ3) is 5.26. The third-order valence-electron chi connectivity index (χ3n) is 3.78. The first kappa shape index (κ1) is 17.8. The van der Waals surface area contributed by atoms with Crippen molar-refractivity contribution in [3.05, 3.63) is 58.1 Å². The summed E-state index contributed by atoms with van der Waals surface area (Å²) in [5, 5.41) is 3.49. The van der Waals surface area contributed by atoms with E-state index in [2.05, 4.69) is 41.2 Å². The predicted molar refractivity (Wildman–Crippen MR) is 98.1 cm³/mol. The molecule has 0 heterocycles. The van der Waals surface area contributed by atoms with Gasteiger partial charge in [0.25, 0.3) is 0 Å². The molecule has 124 valence electrons. The highest BCUT2D eigenvalue weighted by molar-refractivity contribution is 9.10. The molecule has 0 radical (unpaired) electrons. The van der Waals surface area contributed by atoms with Crippen molar-refractivity contribution in [1.82, 2.24) is 5.32 Å². The van der Waals surface area contributed by atoms with Crippen molar-refractivity contribution in [2.45, 2.75) is 39.5 Å². The van der Waals surface area contributed by atoms with Crippen molar-refractivity contribution in [3.8, 4) is 11.5 Å². The monoisotopic (exact) mass is 377 g/mol. The lowest BCUT2D eigenvalue weighted by Crippen LogP contribution is -2.24. The first-order valence-corrected chi connectivity index (χ1v) is 8.69. The van der Waals surface area contributed by atoms with Crippen molar-refractivity contribution in [2.75, 3.05) is 7.11 Å². The number of nitrogens with one attached hydrogen (secondary N) is 1. The summed E-state index contributed by atoms with van der Waals surface area (Å²) in [6.45, 7) is 5.68. The first-order chi connectivity index (χ1) is 11.1. The minimum absolute atomic E-state index is 0.494. The molecule has 0 aliphatic rings. The van der Waals surface area contributed by atoms with E-state index >= 15 is 0 Å². The number of benzene rings is 2. The molecular weight excluding hydrogens is 354 g/mol. The Balaban J connectivity index is 2.10. The van der Waals surface area contributed by atoms with E-state index in [1.54, 1.807) is 7.11 Å². The summed E-state index contributed by atoms with van der Waals surface area (Å²) >= 11 is 3.60. The molecule has 4 heteroatoms. The van der Waals surface area contributed by atoms with Crippen LogP contribution in [0, 0.1) is 0 Å². The Bertz CT molecular complexity index is 616. The summed E-state index contributed by atoms with van der Waals surface area (Å²) in [5.74, 6) is 1.49. The van der Waals surface area contributed by atoms with Crippen molar-refractivity contribution in [2.24, 2.45) is 0 Å². The van der Waals surface area contributed by atoms with E-state index in [0.29, 0.717) is 12.6 Å². The third-order valence-corrected chi connectivity index (χ3v) is 4.37. The van der Waals surface area contributed by atoms with E-state index in [4.69, 9.17) is 9.47 Å². The molecule has 2 aromatic rings. The van der Waals surface area contributed by atoms with Gasteiger partial charge in [0.15, 0.2) is 11.5 Å². The molecule has 23 heavy (non-hydrogen) atoms. The van der Waals surface area contributed by atoms with Crippen LogP contribution in [0.15, 0.2) is 46.9 Å². The molecular formula is C19H24BrNO2. The Morgan fingerprint density at radius 2 is 1.87 bits per heavy atom. The fourth-order valence-electron chi connectivity index (χ4n) is 2.18. The van der Waals surface area contributed by atoms with E-state index in [1.807, 2.05) is 36.4 Å². The lowest BCUT2D eigenvalue weighted by atomic mass is 10.1. The number of halogens is 1. The van der Waals surface area contributed by atoms with Gasteiger partial charge in [-0.25, -0.2) is 0 Å². The highest BCUT2D eigenvalue weighted by atomic mass is 79.9. The fourth-order valence-corrected chi connectivity index (χ4v) is 2.79. The summed E-state index contributed by atoms with van der Waals surface area (Å²) < 4.78 is 12.4. The van der Waals surface area contributed by atoms with E-state index in [9.17, 15) is 0 Å². The molecule has 0 aliphatic carbocycles. The molecule has 1 atom stereocenters. The SMILES string of the molecule is CC[C@@H](C)NCc1cc(Br)c(OCc2ccccc2)c(OC)c1. The Morgan fingerprint density at radius 3 is 2.52 bits per heavy atom. The predicted octanol–water partition coefficient (Wildman–Crippen LogP) is 4.92. The number of hydrogen-bond donors (Lipinski definition) is 1. The van der Waals surface area contributed by atoms with Crippen molar-refractivity contribution < 1.29 is 9.47 Å². The minimum atomic E-state index is 0.494. The maximum Gasteiger partial charge on any atom is 0.175 e. The second-order valence-corrected chi connectivity index (χ2v) is 6.43. The molecule has 0 spiro atoms. The molecule has 2 rings (SSSR count). The normalized spacial score (nSPS) is 12.0. The van der Waals surface area contributed by atoms with Gasteiger partial charge in [-0.3, -0.25) is 0 Å². The van der Waals surface area contributed by atoms with Gasteiger partial charge in [0.1, 0.15) is 6.61 Å². The molecule has 1 N–H and O–H groups in total. The van der Waals surface area contributed by atoms with E-state index < -0.39 is 0 Å². The second-order valence-electron chi connectivity index (χ2n) is 5.57. The maximum absolute atomic E-state index is 5.95. The summed E-state index contributed by atoms with van der Waals surface area (Å²) in [7, 11) is 1.67. The molecule has 0 unspecified atom stereocenters.